The molecule has 1 aromatic heterocycles. The Morgan fingerprint density at radius 1 is 0.964 bits per heavy atom. The number of aromatic nitrogens is 2. The van der Waals surface area contributed by atoms with E-state index in [4.69, 9.17) is 23.2 Å². The molecule has 28 heavy (non-hydrogen) atoms. The van der Waals surface area contributed by atoms with Crippen molar-refractivity contribution in [3.63, 3.8) is 0 Å². The van der Waals surface area contributed by atoms with Crippen LogP contribution in [0.3, 0.4) is 0 Å². The van der Waals surface area contributed by atoms with Crippen LogP contribution in [-0.4, -0.2) is 23.4 Å². The predicted molar refractivity (Wildman–Crippen MR) is 103 cm³/mol. The Morgan fingerprint density at radius 2 is 1.64 bits per heavy atom. The zero-order chi connectivity index (χ0) is 20.3. The normalized spacial score (nSPS) is 11.2. The zero-order valence-corrected chi connectivity index (χ0v) is 15.8. The lowest BCUT2D eigenvalue weighted by Crippen LogP contribution is -2.17. The van der Waals surface area contributed by atoms with Gasteiger partial charge in [-0.25, -0.2) is 4.98 Å². The van der Waals surface area contributed by atoms with Crippen LogP contribution in [0.25, 0.3) is 11.3 Å². The Balaban J connectivity index is 1.99. The van der Waals surface area contributed by atoms with E-state index >= 15 is 0 Å². The second-order valence-corrected chi connectivity index (χ2v) is 6.32. The SMILES string of the molecule is CNc1nc(Nc2c(Cl)cccc2Cl)cc(-c2cccc(OC(F)(F)F)c2)n1. The van der Waals surface area contributed by atoms with E-state index in [-0.39, 0.29) is 11.7 Å². The monoisotopic (exact) mass is 428 g/mol. The van der Waals surface area contributed by atoms with Crippen molar-refractivity contribution in [1.29, 1.82) is 0 Å². The fraction of sp³-hybridized carbons (Fsp3) is 0.111. The van der Waals surface area contributed by atoms with Crippen LogP contribution in [0.4, 0.5) is 30.6 Å². The largest absolute Gasteiger partial charge is 0.573 e. The predicted octanol–water partition coefficient (Wildman–Crippen LogP) is 6.13. The molecule has 0 unspecified atom stereocenters. The van der Waals surface area contributed by atoms with Gasteiger partial charge in [-0.05, 0) is 24.3 Å². The molecule has 0 spiro atoms. The van der Waals surface area contributed by atoms with Crippen molar-refractivity contribution < 1.29 is 17.9 Å². The maximum Gasteiger partial charge on any atom is 0.573 e. The Hall–Kier alpha value is -2.71. The van der Waals surface area contributed by atoms with Gasteiger partial charge in [-0.15, -0.1) is 13.2 Å². The van der Waals surface area contributed by atoms with Crippen molar-refractivity contribution in [2.24, 2.45) is 0 Å². The molecule has 0 aliphatic rings. The van der Waals surface area contributed by atoms with E-state index in [0.29, 0.717) is 32.8 Å². The van der Waals surface area contributed by atoms with Crippen LogP contribution in [-0.2, 0) is 0 Å². The zero-order valence-electron chi connectivity index (χ0n) is 14.3. The third-order valence-corrected chi connectivity index (χ3v) is 4.16. The van der Waals surface area contributed by atoms with Gasteiger partial charge in [-0.2, -0.15) is 4.98 Å². The first-order valence-corrected chi connectivity index (χ1v) is 8.65. The first-order valence-electron chi connectivity index (χ1n) is 7.89. The molecule has 10 heteroatoms. The fourth-order valence-corrected chi connectivity index (χ4v) is 2.86. The van der Waals surface area contributed by atoms with Gasteiger partial charge in [-0.3, -0.25) is 0 Å². The van der Waals surface area contributed by atoms with E-state index in [0.717, 1.165) is 0 Å². The Morgan fingerprint density at radius 3 is 2.29 bits per heavy atom. The lowest BCUT2D eigenvalue weighted by atomic mass is 10.1. The van der Waals surface area contributed by atoms with Crippen molar-refractivity contribution in [3.8, 4) is 17.0 Å². The minimum Gasteiger partial charge on any atom is -0.406 e. The average Bonchev–Trinajstić information content (AvgIpc) is 2.63. The van der Waals surface area contributed by atoms with Crippen LogP contribution < -0.4 is 15.4 Å². The smallest absolute Gasteiger partial charge is 0.406 e. The molecule has 0 amide bonds. The molecule has 0 radical (unpaired) electrons. The highest BCUT2D eigenvalue weighted by Crippen LogP contribution is 2.34. The number of hydrogen-bond acceptors (Lipinski definition) is 5. The molecule has 2 N–H and O–H groups in total. The summed E-state index contributed by atoms with van der Waals surface area (Å²) in [4.78, 5) is 8.56. The van der Waals surface area contributed by atoms with E-state index in [9.17, 15) is 13.2 Å². The second kappa shape index (κ2) is 8.12. The van der Waals surface area contributed by atoms with Gasteiger partial charge in [0.05, 0.1) is 21.4 Å². The average molecular weight is 429 g/mol. The molecule has 1 heterocycles. The summed E-state index contributed by atoms with van der Waals surface area (Å²) in [6, 6.07) is 12.1. The summed E-state index contributed by atoms with van der Waals surface area (Å²) in [7, 11) is 1.62. The molecular weight excluding hydrogens is 416 g/mol. The number of alkyl halides is 3. The van der Waals surface area contributed by atoms with E-state index in [1.54, 1.807) is 37.4 Å². The molecule has 0 aliphatic heterocycles. The highest BCUT2D eigenvalue weighted by molar-refractivity contribution is 6.39. The van der Waals surface area contributed by atoms with Crippen molar-refractivity contribution in [1.82, 2.24) is 9.97 Å². The molecule has 3 aromatic rings. The number of halogens is 5. The van der Waals surface area contributed by atoms with E-state index in [1.807, 2.05) is 0 Å². The summed E-state index contributed by atoms with van der Waals surface area (Å²) in [5.41, 5.74) is 1.23. The standard InChI is InChI=1S/C18H13Cl2F3N4O/c1-24-17-25-14(10-4-2-5-11(8-10)28-18(21,22)23)9-15(27-17)26-16-12(19)6-3-7-13(16)20/h2-9H,1H3,(H2,24,25,26,27). The lowest BCUT2D eigenvalue weighted by Gasteiger charge is -2.13. The lowest BCUT2D eigenvalue weighted by molar-refractivity contribution is -0.274. The highest BCUT2D eigenvalue weighted by atomic mass is 35.5. The van der Waals surface area contributed by atoms with Crippen molar-refractivity contribution in [2.75, 3.05) is 17.7 Å². The van der Waals surface area contributed by atoms with E-state index in [2.05, 4.69) is 25.3 Å². The number of nitrogens with one attached hydrogen (secondary N) is 2. The van der Waals surface area contributed by atoms with Crippen molar-refractivity contribution in [3.05, 3.63) is 58.6 Å². The van der Waals surface area contributed by atoms with Gasteiger partial charge in [0.25, 0.3) is 0 Å². The molecule has 0 aliphatic carbocycles. The van der Waals surface area contributed by atoms with Crippen molar-refractivity contribution >= 4 is 40.7 Å². The van der Waals surface area contributed by atoms with Gasteiger partial charge in [0, 0.05) is 18.7 Å². The third kappa shape index (κ3) is 4.96. The molecule has 0 fully saturated rings. The number of para-hydroxylation sites is 1. The molecule has 2 aromatic carbocycles. The van der Waals surface area contributed by atoms with Crippen LogP contribution >= 0.6 is 23.2 Å². The van der Waals surface area contributed by atoms with Crippen LogP contribution in [0.2, 0.25) is 10.0 Å². The third-order valence-electron chi connectivity index (χ3n) is 3.53. The highest BCUT2D eigenvalue weighted by Gasteiger charge is 2.31. The van der Waals surface area contributed by atoms with Gasteiger partial charge in [0.15, 0.2) is 0 Å². The summed E-state index contributed by atoms with van der Waals surface area (Å²) in [5.74, 6) is 0.259. The Bertz CT molecular complexity index is 979. The Labute approximate surface area is 168 Å². The molecular formula is C18H13Cl2F3N4O. The Kier molecular flexibility index (Phi) is 5.81. The number of hydrogen-bond donors (Lipinski definition) is 2. The molecule has 0 saturated carbocycles. The summed E-state index contributed by atoms with van der Waals surface area (Å²) < 4.78 is 41.4. The first kappa shape index (κ1) is 20.0. The number of nitrogens with zero attached hydrogens (tertiary/aromatic N) is 2. The molecule has 5 nitrogen and oxygen atoms in total. The number of anilines is 3. The molecule has 0 saturated heterocycles. The maximum absolute atomic E-state index is 12.5. The first-order chi connectivity index (χ1) is 13.2. The molecule has 0 bridgehead atoms. The molecule has 3 rings (SSSR count). The number of rotatable bonds is 5. The van der Waals surface area contributed by atoms with Gasteiger partial charge in [0.2, 0.25) is 5.95 Å². The second-order valence-electron chi connectivity index (χ2n) is 5.51. The topological polar surface area (TPSA) is 59.1 Å². The summed E-state index contributed by atoms with van der Waals surface area (Å²) in [6.45, 7) is 0. The minimum atomic E-state index is -4.78. The van der Waals surface area contributed by atoms with Gasteiger partial charge < -0.3 is 15.4 Å². The summed E-state index contributed by atoms with van der Waals surface area (Å²) in [5, 5.41) is 6.59. The van der Waals surface area contributed by atoms with Crippen LogP contribution in [0.1, 0.15) is 0 Å². The van der Waals surface area contributed by atoms with Gasteiger partial charge in [-0.1, -0.05) is 41.4 Å². The van der Waals surface area contributed by atoms with Crippen LogP contribution in [0.15, 0.2) is 48.5 Å². The quantitative estimate of drug-likeness (QED) is 0.511. The maximum atomic E-state index is 12.5. The molecule has 146 valence electrons. The van der Waals surface area contributed by atoms with Crippen molar-refractivity contribution in [2.45, 2.75) is 6.36 Å². The van der Waals surface area contributed by atoms with Crippen LogP contribution in [0.5, 0.6) is 5.75 Å². The van der Waals surface area contributed by atoms with E-state index in [1.165, 1.54) is 18.2 Å². The minimum absolute atomic E-state index is 0.255. The van der Waals surface area contributed by atoms with E-state index < -0.39 is 6.36 Å². The van der Waals surface area contributed by atoms with Gasteiger partial charge >= 0.3 is 6.36 Å². The summed E-state index contributed by atoms with van der Waals surface area (Å²) in [6.07, 6.45) is -4.78. The fourth-order valence-electron chi connectivity index (χ4n) is 2.37. The number of ether oxygens (including phenoxy) is 1. The summed E-state index contributed by atoms with van der Waals surface area (Å²) >= 11 is 12.3. The number of benzene rings is 2. The molecule has 0 atom stereocenters. The van der Waals surface area contributed by atoms with Gasteiger partial charge in [0.1, 0.15) is 11.6 Å². The van der Waals surface area contributed by atoms with Crippen LogP contribution in [0, 0.1) is 0 Å².